The van der Waals surface area contributed by atoms with E-state index in [9.17, 15) is 22.8 Å². The van der Waals surface area contributed by atoms with Gasteiger partial charge in [0, 0.05) is 31.6 Å². The van der Waals surface area contributed by atoms with E-state index in [0.29, 0.717) is 32.6 Å². The fraction of sp³-hybridized carbons (Fsp3) is 0.462. The van der Waals surface area contributed by atoms with Crippen LogP contribution in [0.5, 0.6) is 0 Å². The van der Waals surface area contributed by atoms with Crippen LogP contribution in [0.15, 0.2) is 36.4 Å². The Morgan fingerprint density at radius 1 is 1.32 bits per heavy atom. The summed E-state index contributed by atoms with van der Waals surface area (Å²) in [4.78, 5) is 30.0. The van der Waals surface area contributed by atoms with E-state index in [1.807, 2.05) is 24.3 Å². The smallest absolute Gasteiger partial charge is 0.418 e. The molecule has 2 bridgehead atoms. The van der Waals surface area contributed by atoms with Gasteiger partial charge < -0.3 is 25.4 Å². The SMILES string of the molecule is COC(=O)C(CC(=O)N1CCC2C[C@@]1(N1CNc3ccccc3C1)O2)Cc1cc(Cl)c(N)c(C(F)(F)F)c1. The van der Waals surface area contributed by atoms with Crippen LogP contribution in [0, 0.1) is 5.92 Å². The zero-order valence-corrected chi connectivity index (χ0v) is 21.4. The number of carbonyl (C=O) groups excluding carboxylic acids is 2. The molecular formula is C26H28ClF3N4O4. The Labute approximate surface area is 222 Å². The first-order valence-electron chi connectivity index (χ1n) is 12.3. The van der Waals surface area contributed by atoms with Gasteiger partial charge in [-0.05, 0) is 42.2 Å². The molecule has 38 heavy (non-hydrogen) atoms. The van der Waals surface area contributed by atoms with Gasteiger partial charge in [-0.1, -0.05) is 29.8 Å². The van der Waals surface area contributed by atoms with E-state index in [-0.39, 0.29) is 35.4 Å². The van der Waals surface area contributed by atoms with E-state index < -0.39 is 35.2 Å². The first kappa shape index (κ1) is 26.6. The number of nitrogens with one attached hydrogen (secondary N) is 1. The second-order valence-corrected chi connectivity index (χ2v) is 10.3. The van der Waals surface area contributed by atoms with Gasteiger partial charge in [0.05, 0.1) is 42.1 Å². The quantitative estimate of drug-likeness (QED) is 0.409. The molecule has 2 aromatic carbocycles. The van der Waals surface area contributed by atoms with Crippen molar-refractivity contribution in [3.8, 4) is 0 Å². The molecule has 0 radical (unpaired) electrons. The molecule has 3 atom stereocenters. The van der Waals surface area contributed by atoms with Crippen molar-refractivity contribution >= 4 is 34.9 Å². The Hall–Kier alpha value is -3.02. The second kappa shape index (κ2) is 9.94. The summed E-state index contributed by atoms with van der Waals surface area (Å²) in [6.45, 7) is 1.49. The molecule has 0 aliphatic carbocycles. The highest BCUT2D eigenvalue weighted by Gasteiger charge is 2.59. The number of alkyl halides is 3. The summed E-state index contributed by atoms with van der Waals surface area (Å²) in [6.07, 6.45) is -3.82. The van der Waals surface area contributed by atoms with E-state index in [4.69, 9.17) is 26.8 Å². The molecule has 4 aliphatic rings. The largest absolute Gasteiger partial charge is 0.469 e. The van der Waals surface area contributed by atoms with Crippen molar-refractivity contribution in [1.29, 1.82) is 0 Å². The number of methoxy groups -OCH3 is 1. The number of ether oxygens (including phenoxy) is 2. The molecule has 3 fully saturated rings. The number of nitrogen functional groups attached to an aromatic ring is 1. The number of nitrogens with zero attached hydrogens (tertiary/aromatic N) is 2. The van der Waals surface area contributed by atoms with Crippen LogP contribution in [0.3, 0.4) is 0 Å². The normalized spacial score (nSPS) is 23.6. The number of anilines is 2. The Kier molecular flexibility index (Phi) is 6.95. The maximum absolute atomic E-state index is 13.7. The number of hydrogen-bond acceptors (Lipinski definition) is 7. The molecule has 1 amide bonds. The van der Waals surface area contributed by atoms with Crippen molar-refractivity contribution in [2.75, 3.05) is 31.4 Å². The summed E-state index contributed by atoms with van der Waals surface area (Å²) in [7, 11) is 1.18. The van der Waals surface area contributed by atoms with Gasteiger partial charge in [0.25, 0.3) is 0 Å². The lowest BCUT2D eigenvalue weighted by Gasteiger charge is -2.63. The number of amides is 1. The van der Waals surface area contributed by atoms with Crippen LogP contribution in [0.4, 0.5) is 24.5 Å². The first-order valence-corrected chi connectivity index (χ1v) is 12.7. The summed E-state index contributed by atoms with van der Waals surface area (Å²) in [5, 5.41) is 3.09. The second-order valence-electron chi connectivity index (χ2n) is 9.88. The third kappa shape index (κ3) is 4.78. The zero-order valence-electron chi connectivity index (χ0n) is 20.7. The number of benzene rings is 2. The average molecular weight is 553 g/mol. The predicted octanol–water partition coefficient (Wildman–Crippen LogP) is 4.22. The maximum Gasteiger partial charge on any atom is 0.418 e. The van der Waals surface area contributed by atoms with E-state index in [2.05, 4.69) is 10.2 Å². The molecule has 204 valence electrons. The van der Waals surface area contributed by atoms with Gasteiger partial charge in [-0.15, -0.1) is 0 Å². The number of piperidine rings is 1. The van der Waals surface area contributed by atoms with Gasteiger partial charge in [0.1, 0.15) is 0 Å². The third-order valence-corrected chi connectivity index (χ3v) is 7.82. The van der Waals surface area contributed by atoms with Gasteiger partial charge in [-0.25, -0.2) is 4.90 Å². The zero-order chi connectivity index (χ0) is 27.2. The summed E-state index contributed by atoms with van der Waals surface area (Å²) in [5.74, 6) is -3.01. The van der Waals surface area contributed by atoms with Crippen molar-refractivity contribution in [1.82, 2.24) is 9.80 Å². The van der Waals surface area contributed by atoms with Crippen LogP contribution in [0.25, 0.3) is 0 Å². The van der Waals surface area contributed by atoms with Crippen molar-refractivity contribution in [3.63, 3.8) is 0 Å². The molecular weight excluding hydrogens is 525 g/mol. The Bertz CT molecular complexity index is 1250. The molecule has 3 N–H and O–H groups in total. The number of nitrogens with two attached hydrogens (primary N) is 1. The van der Waals surface area contributed by atoms with Gasteiger partial charge >= 0.3 is 12.1 Å². The van der Waals surface area contributed by atoms with E-state index in [0.717, 1.165) is 17.3 Å². The summed E-state index contributed by atoms with van der Waals surface area (Å²) in [6, 6.07) is 10.0. The lowest BCUT2D eigenvalue weighted by atomic mass is 9.90. The minimum atomic E-state index is -4.72. The van der Waals surface area contributed by atoms with Crippen molar-refractivity contribution in [2.45, 2.75) is 50.4 Å². The van der Waals surface area contributed by atoms with Gasteiger partial charge in [0.2, 0.25) is 11.8 Å². The van der Waals surface area contributed by atoms with Crippen LogP contribution in [0.2, 0.25) is 5.02 Å². The molecule has 0 spiro atoms. The number of hydrogen-bond donors (Lipinski definition) is 2. The van der Waals surface area contributed by atoms with Crippen LogP contribution >= 0.6 is 11.6 Å². The number of carbonyl (C=O) groups is 2. The van der Waals surface area contributed by atoms with Gasteiger partial charge in [-0.2, -0.15) is 13.2 Å². The van der Waals surface area contributed by atoms with Crippen LogP contribution in [-0.2, 0) is 38.2 Å². The Morgan fingerprint density at radius 3 is 2.76 bits per heavy atom. The molecule has 2 unspecified atom stereocenters. The van der Waals surface area contributed by atoms with E-state index in [1.165, 1.54) is 13.2 Å². The third-order valence-electron chi connectivity index (χ3n) is 7.51. The van der Waals surface area contributed by atoms with E-state index in [1.54, 1.807) is 4.90 Å². The predicted molar refractivity (Wildman–Crippen MR) is 134 cm³/mol. The number of halogens is 4. The number of para-hydroxylation sites is 1. The number of esters is 1. The highest BCUT2D eigenvalue weighted by molar-refractivity contribution is 6.33. The van der Waals surface area contributed by atoms with Crippen molar-refractivity contribution < 1.29 is 32.2 Å². The van der Waals surface area contributed by atoms with Crippen LogP contribution < -0.4 is 11.1 Å². The average Bonchev–Trinajstić information content (AvgIpc) is 2.88. The highest BCUT2D eigenvalue weighted by atomic mass is 35.5. The van der Waals surface area contributed by atoms with Crippen molar-refractivity contribution in [2.24, 2.45) is 5.92 Å². The van der Waals surface area contributed by atoms with Gasteiger partial charge in [0.15, 0.2) is 0 Å². The molecule has 4 heterocycles. The molecule has 12 heteroatoms. The first-order chi connectivity index (χ1) is 18.0. The van der Waals surface area contributed by atoms with Crippen LogP contribution in [0.1, 0.15) is 36.0 Å². The molecule has 3 saturated heterocycles. The van der Waals surface area contributed by atoms with Crippen molar-refractivity contribution in [3.05, 3.63) is 58.1 Å². The number of fused-ring (bicyclic) bond motifs is 3. The molecule has 8 nitrogen and oxygen atoms in total. The van der Waals surface area contributed by atoms with Crippen LogP contribution in [-0.4, -0.2) is 54.0 Å². The molecule has 2 aromatic rings. The monoisotopic (exact) mass is 552 g/mol. The molecule has 6 rings (SSSR count). The fourth-order valence-corrected chi connectivity index (χ4v) is 5.83. The number of rotatable bonds is 6. The Balaban J connectivity index is 1.37. The Morgan fingerprint density at radius 2 is 2.05 bits per heavy atom. The standard InChI is InChI=1S/C26H28ClF3N4O4/c1-37-24(36)17(8-15-9-19(26(28,29)30)23(31)20(27)10-15)11-22(35)34-7-6-18-12-25(34,38-18)33-13-16-4-2-3-5-21(16)32-14-33/h2-5,9-10,17-18,32H,6-8,11-14,31H2,1H3/t17?,18?,25-/m0/s1. The van der Waals surface area contributed by atoms with Gasteiger partial charge in [-0.3, -0.25) is 9.59 Å². The molecule has 0 aromatic heterocycles. The minimum absolute atomic E-state index is 0.0466. The fourth-order valence-electron chi connectivity index (χ4n) is 5.59. The lowest BCUT2D eigenvalue weighted by molar-refractivity contribution is -0.369. The topological polar surface area (TPSA) is 97.1 Å². The molecule has 4 aliphatic heterocycles. The molecule has 0 saturated carbocycles. The maximum atomic E-state index is 13.7. The summed E-state index contributed by atoms with van der Waals surface area (Å²) < 4.78 is 51.5. The van der Waals surface area contributed by atoms with E-state index >= 15 is 0 Å². The summed E-state index contributed by atoms with van der Waals surface area (Å²) in [5.41, 5.74) is 6.10. The summed E-state index contributed by atoms with van der Waals surface area (Å²) >= 11 is 5.97. The lowest BCUT2D eigenvalue weighted by Crippen LogP contribution is -2.76. The highest BCUT2D eigenvalue weighted by Crippen LogP contribution is 2.47. The minimum Gasteiger partial charge on any atom is -0.469 e.